The van der Waals surface area contributed by atoms with Gasteiger partial charge in [-0.2, -0.15) is 0 Å². The lowest BCUT2D eigenvalue weighted by atomic mass is 9.94. The van der Waals surface area contributed by atoms with Gasteiger partial charge in [-0.15, -0.1) is 0 Å². The van der Waals surface area contributed by atoms with Crippen molar-refractivity contribution in [3.63, 3.8) is 0 Å². The van der Waals surface area contributed by atoms with Gasteiger partial charge in [0.25, 0.3) is 0 Å². The van der Waals surface area contributed by atoms with Crippen molar-refractivity contribution in [2.75, 3.05) is 155 Å². The zero-order valence-electron chi connectivity index (χ0n) is 76.6. The topological polar surface area (TPSA) is 266 Å². The number of carbonyl (C=O) groups is 4. The summed E-state index contributed by atoms with van der Waals surface area (Å²) < 4.78 is 117. The van der Waals surface area contributed by atoms with Crippen LogP contribution in [0.25, 0.3) is 45.0 Å². The van der Waals surface area contributed by atoms with Gasteiger partial charge in [-0.25, -0.2) is 49.9 Å². The standard InChI is InChI=1S/3C26H28F2N4O2.C26H29FN4O2/c1-17-8-11-23(25(29-17)18-6-4-3-5-7-18)30-26(33)31-24-16-32(12-13-34-2)15-20(24)19-9-10-21(27)22(28)14-19;1-17-12-23(25(29-14-17)18-6-4-3-5-7-18)30-26(33)31-24-16-32(10-11-34-2)15-20(24)19-8-9-21(27)22(28)13-19;1-17-8-9-23(25(29-17)18-6-4-3-5-7-18)30-26(33)31-24-16-32(10-11-34-2)15-22(24)19-12-20(27)14-21(28)13-19;1-18-8-13-23(25(28-18)20-6-4-3-5-7-20)29-26(32)30-24-17-31(14-15-33-2)16-22(24)19-9-11-21(27)12-10-19/h3-11,14,20,24H,12-13,15-16H2,1-2H3,(H2,30,31,33);3-9,12-14,20,24H,10-11,15-16H2,1-2H3,(H2,30,31,33);3-9,12-14,22,24H,10-11,15-16H2,1-2H3,(H2,30,31,33);3-13,22,24H,14-17H2,1-2H3,(H2,29,30,32)/t2*20-,24+;2*22-,24+/m0000/s1. The molecule has 4 aromatic heterocycles. The molecule has 0 saturated carbocycles. The molecule has 12 aromatic rings. The number of anilines is 4. The van der Waals surface area contributed by atoms with Crippen LogP contribution in [0.2, 0.25) is 0 Å². The van der Waals surface area contributed by atoms with Gasteiger partial charge in [0.2, 0.25) is 0 Å². The van der Waals surface area contributed by atoms with Crippen LogP contribution >= 0.6 is 0 Å². The first-order chi connectivity index (χ1) is 65.3. The Morgan fingerprint density at radius 1 is 0.304 bits per heavy atom. The monoisotopic (exact) mass is 1850 g/mol. The normalized spacial score (nSPS) is 18.2. The SMILES string of the molecule is COCCN1C[C@@H](NC(=O)Nc2cc(C)cnc2-c2ccccc2)[C@H](c2ccc(F)c(F)c2)C1.COCCN1C[C@@H](NC(=O)Nc2ccc(C)nc2-c2ccccc2)[C@H](c2cc(F)cc(F)c2)C1.COCCN1C[C@@H](NC(=O)Nc2ccc(C)nc2-c2ccccc2)[C@H](c2ccc(F)c(F)c2)C1.COCCN1C[C@@H](NC(=O)Nc2ccc(C)nc2-c2ccccc2)[C@H](c2ccc(F)cc2)C1. The molecular formula is C104H113F7N16O8. The van der Waals surface area contributed by atoms with Gasteiger partial charge in [0.1, 0.15) is 17.5 Å². The van der Waals surface area contributed by atoms with Gasteiger partial charge in [0.05, 0.1) is 96.1 Å². The van der Waals surface area contributed by atoms with E-state index in [9.17, 15) is 49.9 Å². The first-order valence-corrected chi connectivity index (χ1v) is 44.7. The fourth-order valence-corrected chi connectivity index (χ4v) is 17.3. The lowest BCUT2D eigenvalue weighted by Crippen LogP contribution is -2.42. The van der Waals surface area contributed by atoms with E-state index < -0.39 is 40.9 Å². The summed E-state index contributed by atoms with van der Waals surface area (Å²) in [6.07, 6.45) is 1.76. The Labute approximate surface area is 782 Å². The number of hydrogen-bond donors (Lipinski definition) is 8. The molecule has 0 unspecified atom stereocenters. The molecule has 8 atom stereocenters. The maximum atomic E-state index is 13.9. The maximum absolute atomic E-state index is 13.9. The number of halogens is 7. The van der Waals surface area contributed by atoms with E-state index in [4.69, 9.17) is 18.9 Å². The molecule has 4 saturated heterocycles. The lowest BCUT2D eigenvalue weighted by Gasteiger charge is -2.21. The van der Waals surface area contributed by atoms with Gasteiger partial charge in [-0.3, -0.25) is 39.5 Å². The number of likely N-dealkylation sites (tertiary alicyclic amines) is 4. The predicted molar refractivity (Wildman–Crippen MR) is 511 cm³/mol. The number of methoxy groups -OCH3 is 4. The minimum atomic E-state index is -0.894. The summed E-state index contributed by atoms with van der Waals surface area (Å²) in [5, 5.41) is 24.0. The highest BCUT2D eigenvalue weighted by Crippen LogP contribution is 2.37. The third kappa shape index (κ3) is 27.9. The van der Waals surface area contributed by atoms with Crippen LogP contribution in [-0.2, 0) is 18.9 Å². The van der Waals surface area contributed by atoms with Crippen molar-refractivity contribution in [2.45, 2.75) is 75.5 Å². The van der Waals surface area contributed by atoms with E-state index in [1.54, 1.807) is 58.9 Å². The van der Waals surface area contributed by atoms with Crippen molar-refractivity contribution < 1.29 is 68.9 Å². The molecular weight excluding hydrogens is 1730 g/mol. The second-order valence-electron chi connectivity index (χ2n) is 33.8. The molecule has 4 aliphatic heterocycles. The molecule has 8 aromatic carbocycles. The van der Waals surface area contributed by atoms with E-state index in [0.29, 0.717) is 148 Å². The smallest absolute Gasteiger partial charge is 0.319 e. The zero-order valence-corrected chi connectivity index (χ0v) is 76.6. The Morgan fingerprint density at radius 2 is 0.600 bits per heavy atom. The van der Waals surface area contributed by atoms with Crippen LogP contribution in [0, 0.1) is 68.4 Å². The van der Waals surface area contributed by atoms with Gasteiger partial charge < -0.3 is 61.5 Å². The molecule has 135 heavy (non-hydrogen) atoms. The van der Waals surface area contributed by atoms with Gasteiger partial charge in [-0.1, -0.05) is 146 Å². The highest BCUT2D eigenvalue weighted by Gasteiger charge is 2.40. The molecule has 8 heterocycles. The molecule has 16 rings (SSSR count). The van der Waals surface area contributed by atoms with Gasteiger partial charge >= 0.3 is 24.1 Å². The molecule has 0 radical (unpaired) electrons. The Kier molecular flexibility index (Phi) is 35.6. The molecule has 706 valence electrons. The fourth-order valence-electron chi connectivity index (χ4n) is 17.3. The molecule has 4 fully saturated rings. The summed E-state index contributed by atoms with van der Waals surface area (Å²) >= 11 is 0. The number of carbonyl (C=O) groups excluding carboxylic acids is 4. The molecule has 0 bridgehead atoms. The zero-order chi connectivity index (χ0) is 95.4. The quantitative estimate of drug-likeness (QED) is 0.0212. The average molecular weight is 1850 g/mol. The predicted octanol–water partition coefficient (Wildman–Crippen LogP) is 18.1. The number of aromatic nitrogens is 4. The molecule has 24 nitrogen and oxygen atoms in total. The third-order valence-corrected chi connectivity index (χ3v) is 24.0. The summed E-state index contributed by atoms with van der Waals surface area (Å²) in [6, 6.07) is 67.0. The van der Waals surface area contributed by atoms with E-state index >= 15 is 0 Å². The number of aryl methyl sites for hydroxylation is 4. The number of amides is 8. The number of ether oxygens (including phenoxy) is 4. The Bertz CT molecular complexity index is 5920. The Morgan fingerprint density at radius 3 is 0.919 bits per heavy atom. The first-order valence-electron chi connectivity index (χ1n) is 44.7. The number of benzene rings is 8. The molecule has 0 aliphatic carbocycles. The highest BCUT2D eigenvalue weighted by atomic mass is 19.2. The number of urea groups is 4. The number of pyridine rings is 4. The number of rotatable bonds is 28. The Balaban J connectivity index is 0.000000152. The van der Waals surface area contributed by atoms with Crippen LogP contribution in [0.5, 0.6) is 0 Å². The van der Waals surface area contributed by atoms with Gasteiger partial charge in [-0.05, 0) is 147 Å². The van der Waals surface area contributed by atoms with E-state index in [1.165, 1.54) is 36.4 Å². The van der Waals surface area contributed by atoms with E-state index in [2.05, 4.69) is 82.1 Å². The molecule has 8 N–H and O–H groups in total. The summed E-state index contributed by atoms with van der Waals surface area (Å²) in [7, 11) is 6.56. The summed E-state index contributed by atoms with van der Waals surface area (Å²) in [5.41, 5.74) is 15.1. The summed E-state index contributed by atoms with van der Waals surface area (Å²) in [4.78, 5) is 79.2. The molecule has 0 spiro atoms. The summed E-state index contributed by atoms with van der Waals surface area (Å²) in [6.45, 7) is 17.5. The average Bonchev–Trinajstić information content (AvgIpc) is 1.78. The van der Waals surface area contributed by atoms with Crippen LogP contribution in [0.4, 0.5) is 72.7 Å². The van der Waals surface area contributed by atoms with Crippen LogP contribution in [-0.4, -0.2) is 221 Å². The van der Waals surface area contributed by atoms with Gasteiger partial charge in [0, 0.05) is 182 Å². The van der Waals surface area contributed by atoms with Crippen LogP contribution in [0.3, 0.4) is 0 Å². The van der Waals surface area contributed by atoms with Crippen molar-refractivity contribution in [1.29, 1.82) is 0 Å². The van der Waals surface area contributed by atoms with Crippen molar-refractivity contribution in [1.82, 2.24) is 60.8 Å². The van der Waals surface area contributed by atoms with E-state index in [0.717, 1.165) is 87.4 Å². The second kappa shape index (κ2) is 48.5. The fraction of sp³-hybridized carbons (Fsp3) is 0.308. The maximum Gasteiger partial charge on any atom is 0.319 e. The van der Waals surface area contributed by atoms with Crippen LogP contribution < -0.4 is 42.5 Å². The highest BCUT2D eigenvalue weighted by molar-refractivity contribution is 5.97. The Hall–Kier alpha value is -13.4. The number of nitrogens with zero attached hydrogens (tertiary/aromatic N) is 8. The first kappa shape index (κ1) is 99.1. The third-order valence-electron chi connectivity index (χ3n) is 24.0. The molecule has 31 heteroatoms. The molecule has 8 amide bonds. The number of nitrogens with one attached hydrogen (secondary N) is 8. The van der Waals surface area contributed by atoms with Crippen molar-refractivity contribution in [2.24, 2.45) is 0 Å². The second-order valence-corrected chi connectivity index (χ2v) is 33.8. The molecule has 4 aliphatic rings. The van der Waals surface area contributed by atoms with Crippen LogP contribution in [0.1, 0.15) is 68.6 Å². The van der Waals surface area contributed by atoms with Crippen molar-refractivity contribution in [3.8, 4) is 45.0 Å². The lowest BCUT2D eigenvalue weighted by molar-refractivity contribution is 0.159. The minimum Gasteiger partial charge on any atom is -0.383 e. The van der Waals surface area contributed by atoms with Gasteiger partial charge in [0.15, 0.2) is 23.3 Å². The van der Waals surface area contributed by atoms with E-state index in [-0.39, 0.29) is 71.7 Å². The summed E-state index contributed by atoms with van der Waals surface area (Å²) in [5.74, 6) is -5.70. The van der Waals surface area contributed by atoms with Crippen molar-refractivity contribution >= 4 is 46.9 Å². The number of hydrogen-bond acceptors (Lipinski definition) is 16. The van der Waals surface area contributed by atoms with Crippen molar-refractivity contribution in [3.05, 3.63) is 334 Å². The largest absolute Gasteiger partial charge is 0.383 e. The van der Waals surface area contributed by atoms with Crippen LogP contribution in [0.15, 0.2) is 249 Å². The van der Waals surface area contributed by atoms with E-state index in [1.807, 2.05) is 191 Å². The minimum absolute atomic E-state index is 0.0537.